The summed E-state index contributed by atoms with van der Waals surface area (Å²) in [5.74, 6) is -2.54. The van der Waals surface area contributed by atoms with Crippen molar-refractivity contribution in [2.75, 3.05) is 5.32 Å². The van der Waals surface area contributed by atoms with Crippen LogP contribution in [0.15, 0.2) is 53.1 Å². The molecule has 152 valence electrons. The van der Waals surface area contributed by atoms with Gasteiger partial charge in [-0.2, -0.15) is 0 Å². The van der Waals surface area contributed by atoms with Crippen LogP contribution in [0.4, 0.5) is 27.6 Å². The summed E-state index contributed by atoms with van der Waals surface area (Å²) in [7, 11) is 0. The van der Waals surface area contributed by atoms with Crippen molar-refractivity contribution < 1.29 is 35.9 Å². The molecule has 29 heavy (non-hydrogen) atoms. The Labute approximate surface area is 161 Å². The second-order valence-corrected chi connectivity index (χ2v) is 5.83. The van der Waals surface area contributed by atoms with Gasteiger partial charge in [-0.05, 0) is 24.3 Å². The molecule has 1 N–H and O–H groups in total. The summed E-state index contributed by atoms with van der Waals surface area (Å²) in [6.07, 6.45) is -3.82. The van der Waals surface area contributed by atoms with Gasteiger partial charge >= 0.3 is 6.36 Å². The molecule has 0 atom stereocenters. The number of ether oxygens (including phenoxy) is 1. The van der Waals surface area contributed by atoms with Crippen molar-refractivity contribution in [3.63, 3.8) is 0 Å². The molecule has 0 aliphatic rings. The second kappa shape index (κ2) is 8.29. The normalized spacial score (nSPS) is 11.3. The monoisotopic (exact) mass is 412 g/mol. The number of halogens is 5. The van der Waals surface area contributed by atoms with E-state index in [0.717, 1.165) is 12.1 Å². The number of para-hydroxylation sites is 2. The van der Waals surface area contributed by atoms with E-state index in [1.54, 1.807) is 0 Å². The lowest BCUT2D eigenvalue weighted by Crippen LogP contribution is -2.19. The summed E-state index contributed by atoms with van der Waals surface area (Å²) in [6.45, 7) is 0. The fraction of sp³-hybridized carbons (Fsp3) is 0.158. The number of oxazole rings is 1. The zero-order valence-electron chi connectivity index (χ0n) is 14.6. The molecule has 1 amide bonds. The van der Waals surface area contributed by atoms with Crippen LogP contribution in [-0.2, 0) is 11.2 Å². The number of hydrogen-bond donors (Lipinski definition) is 1. The van der Waals surface area contributed by atoms with Crippen molar-refractivity contribution in [1.82, 2.24) is 4.98 Å². The van der Waals surface area contributed by atoms with Crippen molar-refractivity contribution in [2.24, 2.45) is 0 Å². The molecule has 0 spiro atoms. The minimum atomic E-state index is -4.90. The van der Waals surface area contributed by atoms with Gasteiger partial charge in [0, 0.05) is 18.9 Å². The summed E-state index contributed by atoms with van der Waals surface area (Å²) in [6, 6.07) is 8.06. The minimum absolute atomic E-state index is 0.00725. The Morgan fingerprint density at radius 3 is 2.62 bits per heavy atom. The Morgan fingerprint density at radius 1 is 1.14 bits per heavy atom. The molecule has 3 rings (SSSR count). The SMILES string of the molecule is O=C(CCc1ncc(-c2ccc(F)cc2F)o1)Nc1ccccc1OC(F)(F)F. The number of alkyl halides is 3. The maximum Gasteiger partial charge on any atom is 0.573 e. The fourth-order valence-corrected chi connectivity index (χ4v) is 2.46. The summed E-state index contributed by atoms with van der Waals surface area (Å²) in [5, 5.41) is 2.32. The van der Waals surface area contributed by atoms with Gasteiger partial charge in [-0.25, -0.2) is 13.8 Å². The number of nitrogens with one attached hydrogen (secondary N) is 1. The summed E-state index contributed by atoms with van der Waals surface area (Å²) in [5.41, 5.74) is -0.135. The molecule has 0 aliphatic heterocycles. The van der Waals surface area contributed by atoms with Gasteiger partial charge in [0.2, 0.25) is 5.91 Å². The van der Waals surface area contributed by atoms with Gasteiger partial charge in [0.05, 0.1) is 17.4 Å². The van der Waals surface area contributed by atoms with E-state index >= 15 is 0 Å². The Kier molecular flexibility index (Phi) is 5.81. The first kappa shape index (κ1) is 20.3. The molecule has 10 heteroatoms. The fourth-order valence-electron chi connectivity index (χ4n) is 2.46. The van der Waals surface area contributed by atoms with Gasteiger partial charge in [-0.15, -0.1) is 13.2 Å². The van der Waals surface area contributed by atoms with Gasteiger partial charge in [0.1, 0.15) is 11.6 Å². The lowest BCUT2D eigenvalue weighted by molar-refractivity contribution is -0.274. The van der Waals surface area contributed by atoms with Crippen molar-refractivity contribution in [1.29, 1.82) is 0 Å². The van der Waals surface area contributed by atoms with Crippen LogP contribution >= 0.6 is 0 Å². The molecule has 3 aromatic rings. The predicted molar refractivity (Wildman–Crippen MR) is 91.9 cm³/mol. The molecule has 0 saturated heterocycles. The molecule has 0 bridgehead atoms. The highest BCUT2D eigenvalue weighted by atomic mass is 19.4. The number of aryl methyl sites for hydroxylation is 1. The molecular weight excluding hydrogens is 399 g/mol. The second-order valence-electron chi connectivity index (χ2n) is 5.83. The van der Waals surface area contributed by atoms with Crippen molar-refractivity contribution in [3.8, 4) is 17.1 Å². The lowest BCUT2D eigenvalue weighted by atomic mass is 10.2. The molecule has 0 fully saturated rings. The number of carbonyl (C=O) groups excluding carboxylic acids is 1. The minimum Gasteiger partial charge on any atom is -0.441 e. The summed E-state index contributed by atoms with van der Waals surface area (Å²) in [4.78, 5) is 16.0. The third-order valence-corrected chi connectivity index (χ3v) is 3.70. The highest BCUT2D eigenvalue weighted by Crippen LogP contribution is 2.30. The van der Waals surface area contributed by atoms with Crippen molar-refractivity contribution in [2.45, 2.75) is 19.2 Å². The molecule has 2 aromatic carbocycles. The van der Waals surface area contributed by atoms with Gasteiger partial charge in [-0.3, -0.25) is 4.79 Å². The predicted octanol–water partition coefficient (Wildman–Crippen LogP) is 5.09. The topological polar surface area (TPSA) is 64.4 Å². The first-order valence-corrected chi connectivity index (χ1v) is 8.26. The molecule has 1 heterocycles. The molecule has 0 unspecified atom stereocenters. The molecule has 0 saturated carbocycles. The number of anilines is 1. The van der Waals surface area contributed by atoms with Crippen LogP contribution in [0.25, 0.3) is 11.3 Å². The number of benzene rings is 2. The van der Waals surface area contributed by atoms with Crippen LogP contribution in [0.2, 0.25) is 0 Å². The zero-order valence-corrected chi connectivity index (χ0v) is 14.6. The third kappa shape index (κ3) is 5.53. The van der Waals surface area contributed by atoms with Gasteiger partial charge in [-0.1, -0.05) is 12.1 Å². The van der Waals surface area contributed by atoms with Crippen LogP contribution in [-0.4, -0.2) is 17.3 Å². The quantitative estimate of drug-likeness (QED) is 0.573. The number of rotatable bonds is 6. The van der Waals surface area contributed by atoms with E-state index in [2.05, 4.69) is 15.0 Å². The van der Waals surface area contributed by atoms with Gasteiger partial charge in [0.25, 0.3) is 0 Å². The van der Waals surface area contributed by atoms with Crippen LogP contribution < -0.4 is 10.1 Å². The van der Waals surface area contributed by atoms with Crippen molar-refractivity contribution >= 4 is 11.6 Å². The number of nitrogens with zero attached hydrogens (tertiary/aromatic N) is 1. The highest BCUT2D eigenvalue weighted by molar-refractivity contribution is 5.92. The highest BCUT2D eigenvalue weighted by Gasteiger charge is 2.32. The first-order chi connectivity index (χ1) is 13.7. The van der Waals surface area contributed by atoms with E-state index in [1.165, 1.54) is 30.5 Å². The molecule has 5 nitrogen and oxygen atoms in total. The van der Waals surface area contributed by atoms with Crippen LogP contribution in [0, 0.1) is 11.6 Å². The molecule has 0 aliphatic carbocycles. The Morgan fingerprint density at radius 2 is 1.90 bits per heavy atom. The van der Waals surface area contributed by atoms with Crippen LogP contribution in [0.1, 0.15) is 12.3 Å². The first-order valence-electron chi connectivity index (χ1n) is 8.26. The van der Waals surface area contributed by atoms with E-state index in [1.807, 2.05) is 0 Å². The smallest absolute Gasteiger partial charge is 0.441 e. The van der Waals surface area contributed by atoms with E-state index < -0.39 is 29.7 Å². The van der Waals surface area contributed by atoms with E-state index in [9.17, 15) is 26.7 Å². The van der Waals surface area contributed by atoms with E-state index in [-0.39, 0.29) is 35.7 Å². The van der Waals surface area contributed by atoms with E-state index in [0.29, 0.717) is 6.07 Å². The van der Waals surface area contributed by atoms with Crippen LogP contribution in [0.5, 0.6) is 5.75 Å². The largest absolute Gasteiger partial charge is 0.573 e. The molecular formula is C19H13F5N2O3. The maximum atomic E-state index is 13.8. The lowest BCUT2D eigenvalue weighted by Gasteiger charge is -2.13. The average molecular weight is 412 g/mol. The number of carbonyl (C=O) groups is 1. The maximum absolute atomic E-state index is 13.8. The molecule has 1 aromatic heterocycles. The van der Waals surface area contributed by atoms with Gasteiger partial charge in [0.15, 0.2) is 17.4 Å². The standard InChI is InChI=1S/C19H13F5N2O3/c20-11-5-6-12(13(21)9-11)16-10-25-18(28-16)8-7-17(27)26-14-3-1-2-4-15(14)29-19(22,23)24/h1-6,9-10H,7-8H2,(H,26,27). The third-order valence-electron chi connectivity index (χ3n) is 3.70. The number of hydrogen-bond acceptors (Lipinski definition) is 4. The van der Waals surface area contributed by atoms with Crippen molar-refractivity contribution in [3.05, 3.63) is 66.2 Å². The van der Waals surface area contributed by atoms with E-state index in [4.69, 9.17) is 4.42 Å². The molecule has 0 radical (unpaired) electrons. The van der Waals surface area contributed by atoms with Crippen LogP contribution in [0.3, 0.4) is 0 Å². The Bertz CT molecular complexity index is 1020. The number of aromatic nitrogens is 1. The van der Waals surface area contributed by atoms with Gasteiger partial charge < -0.3 is 14.5 Å². The Balaban J connectivity index is 1.62. The average Bonchev–Trinajstić information content (AvgIpc) is 3.09. The zero-order chi connectivity index (χ0) is 21.0. The number of amides is 1. The Hall–Kier alpha value is -3.43. The summed E-state index contributed by atoms with van der Waals surface area (Å²) >= 11 is 0. The summed E-state index contributed by atoms with van der Waals surface area (Å²) < 4.78 is 73.2.